The van der Waals surface area contributed by atoms with Crippen molar-refractivity contribution < 1.29 is 4.74 Å². The van der Waals surface area contributed by atoms with Crippen LogP contribution in [-0.4, -0.2) is 6.04 Å². The SMILES string of the molecule is CC(CC#N)Nc1cccc(Oc2ccccc2)c1. The second kappa shape index (κ2) is 6.46. The van der Waals surface area contributed by atoms with E-state index in [0.29, 0.717) is 6.42 Å². The topological polar surface area (TPSA) is 45.0 Å². The first-order chi connectivity index (χ1) is 9.28. The number of nitriles is 1. The Morgan fingerprint density at radius 3 is 2.58 bits per heavy atom. The quantitative estimate of drug-likeness (QED) is 0.867. The zero-order valence-electron chi connectivity index (χ0n) is 10.8. The van der Waals surface area contributed by atoms with E-state index in [2.05, 4.69) is 11.4 Å². The second-order valence-electron chi connectivity index (χ2n) is 4.35. The van der Waals surface area contributed by atoms with Gasteiger partial charge in [0, 0.05) is 17.8 Å². The fourth-order valence-corrected chi connectivity index (χ4v) is 1.75. The summed E-state index contributed by atoms with van der Waals surface area (Å²) in [6.45, 7) is 1.98. The van der Waals surface area contributed by atoms with Crippen LogP contribution < -0.4 is 10.1 Å². The first kappa shape index (κ1) is 13.0. The van der Waals surface area contributed by atoms with E-state index in [1.807, 2.05) is 61.5 Å². The first-order valence-corrected chi connectivity index (χ1v) is 6.24. The molecular weight excluding hydrogens is 236 g/mol. The van der Waals surface area contributed by atoms with Crippen LogP contribution in [0.25, 0.3) is 0 Å². The summed E-state index contributed by atoms with van der Waals surface area (Å²) in [6, 6.07) is 19.7. The monoisotopic (exact) mass is 252 g/mol. The third kappa shape index (κ3) is 4.04. The van der Waals surface area contributed by atoms with E-state index in [4.69, 9.17) is 10.00 Å². The van der Waals surface area contributed by atoms with Crippen LogP contribution in [0.15, 0.2) is 54.6 Å². The highest BCUT2D eigenvalue weighted by Gasteiger charge is 2.02. The molecule has 0 heterocycles. The second-order valence-corrected chi connectivity index (χ2v) is 4.35. The van der Waals surface area contributed by atoms with Crippen LogP contribution in [0.1, 0.15) is 13.3 Å². The molecule has 0 spiro atoms. The average molecular weight is 252 g/mol. The Kier molecular flexibility index (Phi) is 4.41. The molecule has 0 bridgehead atoms. The number of benzene rings is 2. The van der Waals surface area contributed by atoms with Crippen molar-refractivity contribution in [2.45, 2.75) is 19.4 Å². The molecule has 0 saturated heterocycles. The third-order valence-electron chi connectivity index (χ3n) is 2.62. The molecule has 0 aliphatic rings. The molecule has 19 heavy (non-hydrogen) atoms. The molecule has 0 aromatic heterocycles. The zero-order chi connectivity index (χ0) is 13.5. The lowest BCUT2D eigenvalue weighted by Gasteiger charge is -2.13. The maximum Gasteiger partial charge on any atom is 0.129 e. The van der Waals surface area contributed by atoms with E-state index in [-0.39, 0.29) is 6.04 Å². The van der Waals surface area contributed by atoms with E-state index in [1.54, 1.807) is 0 Å². The number of para-hydroxylation sites is 1. The van der Waals surface area contributed by atoms with Gasteiger partial charge in [0.25, 0.3) is 0 Å². The number of nitrogens with zero attached hydrogens (tertiary/aromatic N) is 1. The van der Waals surface area contributed by atoms with Crippen molar-refractivity contribution in [3.05, 3.63) is 54.6 Å². The fraction of sp³-hybridized carbons (Fsp3) is 0.188. The fourth-order valence-electron chi connectivity index (χ4n) is 1.75. The molecule has 96 valence electrons. The van der Waals surface area contributed by atoms with Crippen molar-refractivity contribution in [2.24, 2.45) is 0 Å². The Bertz CT molecular complexity index is 560. The molecule has 2 rings (SSSR count). The molecule has 2 aromatic carbocycles. The lowest BCUT2D eigenvalue weighted by Crippen LogP contribution is -2.13. The van der Waals surface area contributed by atoms with Crippen LogP contribution in [-0.2, 0) is 0 Å². The molecule has 0 aliphatic heterocycles. The number of nitrogens with one attached hydrogen (secondary N) is 1. The highest BCUT2D eigenvalue weighted by molar-refractivity contribution is 5.49. The molecule has 3 nitrogen and oxygen atoms in total. The number of anilines is 1. The predicted octanol–water partition coefficient (Wildman–Crippen LogP) is 4.19. The van der Waals surface area contributed by atoms with Crippen molar-refractivity contribution in [2.75, 3.05) is 5.32 Å². The molecule has 0 aliphatic carbocycles. The van der Waals surface area contributed by atoms with Gasteiger partial charge in [0.15, 0.2) is 0 Å². The van der Waals surface area contributed by atoms with Gasteiger partial charge >= 0.3 is 0 Å². The normalized spacial score (nSPS) is 11.4. The zero-order valence-corrected chi connectivity index (χ0v) is 10.8. The predicted molar refractivity (Wildman–Crippen MR) is 76.3 cm³/mol. The van der Waals surface area contributed by atoms with Crippen LogP contribution in [0, 0.1) is 11.3 Å². The van der Waals surface area contributed by atoms with Crippen LogP contribution in [0.5, 0.6) is 11.5 Å². The number of hydrogen-bond donors (Lipinski definition) is 1. The van der Waals surface area contributed by atoms with Crippen LogP contribution in [0.4, 0.5) is 5.69 Å². The summed E-state index contributed by atoms with van der Waals surface area (Å²) in [5, 5.41) is 11.9. The summed E-state index contributed by atoms with van der Waals surface area (Å²) < 4.78 is 5.76. The van der Waals surface area contributed by atoms with Gasteiger partial charge in [0.2, 0.25) is 0 Å². The van der Waals surface area contributed by atoms with Crippen LogP contribution >= 0.6 is 0 Å². The minimum absolute atomic E-state index is 0.122. The van der Waals surface area contributed by atoms with Gasteiger partial charge in [-0.25, -0.2) is 0 Å². The molecule has 2 aromatic rings. The Morgan fingerprint density at radius 2 is 1.84 bits per heavy atom. The van der Waals surface area contributed by atoms with Crippen LogP contribution in [0.3, 0.4) is 0 Å². The van der Waals surface area contributed by atoms with Gasteiger partial charge in [-0.2, -0.15) is 5.26 Å². The molecule has 1 unspecified atom stereocenters. The summed E-state index contributed by atoms with van der Waals surface area (Å²) in [7, 11) is 0. The van der Waals surface area contributed by atoms with Gasteiger partial charge in [0.05, 0.1) is 12.5 Å². The van der Waals surface area contributed by atoms with Gasteiger partial charge in [-0.15, -0.1) is 0 Å². The van der Waals surface area contributed by atoms with Gasteiger partial charge in [-0.05, 0) is 31.2 Å². The van der Waals surface area contributed by atoms with E-state index in [1.165, 1.54) is 0 Å². The molecule has 0 radical (unpaired) electrons. The molecule has 0 saturated carbocycles. The lowest BCUT2D eigenvalue weighted by atomic mass is 10.2. The van der Waals surface area contributed by atoms with Crippen molar-refractivity contribution in [3.63, 3.8) is 0 Å². The van der Waals surface area contributed by atoms with Crippen LogP contribution in [0.2, 0.25) is 0 Å². The molecule has 0 fully saturated rings. The van der Waals surface area contributed by atoms with Crippen molar-refractivity contribution in [1.29, 1.82) is 5.26 Å². The van der Waals surface area contributed by atoms with E-state index in [9.17, 15) is 0 Å². The molecule has 0 amide bonds. The van der Waals surface area contributed by atoms with Crippen molar-refractivity contribution in [3.8, 4) is 17.6 Å². The standard InChI is InChI=1S/C16H16N2O/c1-13(10-11-17)18-14-6-5-9-16(12-14)19-15-7-3-2-4-8-15/h2-9,12-13,18H,10H2,1H3. The number of rotatable bonds is 5. The van der Waals surface area contributed by atoms with Gasteiger partial charge in [-0.3, -0.25) is 0 Å². The Hall–Kier alpha value is -2.47. The van der Waals surface area contributed by atoms with Crippen molar-refractivity contribution >= 4 is 5.69 Å². The maximum absolute atomic E-state index is 8.65. The number of hydrogen-bond acceptors (Lipinski definition) is 3. The van der Waals surface area contributed by atoms with E-state index < -0.39 is 0 Å². The van der Waals surface area contributed by atoms with E-state index >= 15 is 0 Å². The Labute approximate surface area is 113 Å². The maximum atomic E-state index is 8.65. The largest absolute Gasteiger partial charge is 0.457 e. The third-order valence-corrected chi connectivity index (χ3v) is 2.62. The van der Waals surface area contributed by atoms with E-state index in [0.717, 1.165) is 17.2 Å². The summed E-state index contributed by atoms with van der Waals surface area (Å²) >= 11 is 0. The van der Waals surface area contributed by atoms with Gasteiger partial charge in [0.1, 0.15) is 11.5 Å². The molecular formula is C16H16N2O. The summed E-state index contributed by atoms with van der Waals surface area (Å²) in [5.74, 6) is 1.59. The highest BCUT2D eigenvalue weighted by atomic mass is 16.5. The molecule has 3 heteroatoms. The van der Waals surface area contributed by atoms with Gasteiger partial charge < -0.3 is 10.1 Å². The minimum atomic E-state index is 0.122. The lowest BCUT2D eigenvalue weighted by molar-refractivity contribution is 0.483. The summed E-state index contributed by atoms with van der Waals surface area (Å²) in [6.07, 6.45) is 0.476. The summed E-state index contributed by atoms with van der Waals surface area (Å²) in [4.78, 5) is 0. The van der Waals surface area contributed by atoms with Crippen molar-refractivity contribution in [1.82, 2.24) is 0 Å². The minimum Gasteiger partial charge on any atom is -0.457 e. The number of ether oxygens (including phenoxy) is 1. The van der Waals surface area contributed by atoms with Gasteiger partial charge in [-0.1, -0.05) is 24.3 Å². The molecule has 1 N–H and O–H groups in total. The summed E-state index contributed by atoms with van der Waals surface area (Å²) in [5.41, 5.74) is 0.955. The highest BCUT2D eigenvalue weighted by Crippen LogP contribution is 2.24. The Balaban J connectivity index is 2.05. The average Bonchev–Trinajstić information content (AvgIpc) is 2.40. The first-order valence-electron chi connectivity index (χ1n) is 6.24. The smallest absolute Gasteiger partial charge is 0.129 e. The Morgan fingerprint density at radius 1 is 1.11 bits per heavy atom. The molecule has 1 atom stereocenters.